The van der Waals surface area contributed by atoms with Crippen molar-refractivity contribution in [3.8, 4) is 5.75 Å². The van der Waals surface area contributed by atoms with Crippen LogP contribution < -0.4 is 10.2 Å². The number of aliphatic hydroxyl groups is 1. The molecule has 0 radical (unpaired) electrons. The van der Waals surface area contributed by atoms with Crippen molar-refractivity contribution in [2.75, 3.05) is 6.61 Å². The number of nitrogens with one attached hydrogen (secondary N) is 1. The van der Waals surface area contributed by atoms with Gasteiger partial charge in [0.25, 0.3) is 5.91 Å². The van der Waals surface area contributed by atoms with Crippen molar-refractivity contribution in [3.05, 3.63) is 99.1 Å². The number of hydrogen-bond donors (Lipinski definition) is 2. The Hall–Kier alpha value is -2.71. The molecule has 29 heavy (non-hydrogen) atoms. The molecule has 0 heterocycles. The predicted molar refractivity (Wildman–Crippen MR) is 122 cm³/mol. The lowest BCUT2D eigenvalue weighted by Crippen LogP contribution is -2.43. The lowest BCUT2D eigenvalue weighted by Gasteiger charge is -2.27. The first kappa shape index (κ1) is 21.0. The molecule has 0 unspecified atom stereocenters. The molecule has 2 N–H and O–H groups in total. The average Bonchev–Trinajstić information content (AvgIpc) is 2.76. The molecule has 0 atom stereocenters. The topological polar surface area (TPSA) is 70.9 Å². The first-order valence-electron chi connectivity index (χ1n) is 9.15. The van der Waals surface area contributed by atoms with E-state index in [1.807, 2.05) is 37.3 Å². The number of carbonyl (C=O) groups is 1. The summed E-state index contributed by atoms with van der Waals surface area (Å²) < 4.78 is 6.47. The molecule has 0 saturated heterocycles. The van der Waals surface area contributed by atoms with Crippen LogP contribution in [0.2, 0.25) is 0 Å². The molecule has 0 aliphatic rings. The predicted octanol–water partition coefficient (Wildman–Crippen LogP) is 4.08. The van der Waals surface area contributed by atoms with E-state index >= 15 is 0 Å². The molecule has 6 heteroatoms. The maximum Gasteiger partial charge on any atom is 0.281 e. The molecule has 3 aromatic carbocycles. The first-order chi connectivity index (χ1) is 14.1. The molecule has 3 rings (SSSR count). The van der Waals surface area contributed by atoms with Gasteiger partial charge in [-0.3, -0.25) is 4.79 Å². The Kier molecular flexibility index (Phi) is 7.00. The highest BCUT2D eigenvalue weighted by Gasteiger charge is 2.39. The van der Waals surface area contributed by atoms with Crippen LogP contribution in [-0.4, -0.2) is 23.8 Å². The van der Waals surface area contributed by atoms with E-state index in [4.69, 9.17) is 4.74 Å². The van der Waals surface area contributed by atoms with Gasteiger partial charge in [0.1, 0.15) is 5.75 Å². The number of ether oxygens (including phenoxy) is 1. The number of nitrogens with zero attached hydrogens (tertiary/aromatic N) is 1. The van der Waals surface area contributed by atoms with Gasteiger partial charge in [0.2, 0.25) is 0 Å². The summed E-state index contributed by atoms with van der Waals surface area (Å²) in [5.74, 6) is 0.170. The first-order valence-corrected chi connectivity index (χ1v) is 10.2. The molecule has 3 aromatic rings. The van der Waals surface area contributed by atoms with Gasteiger partial charge < -0.3 is 9.84 Å². The summed E-state index contributed by atoms with van der Waals surface area (Å²) in [4.78, 5) is 13.0. The van der Waals surface area contributed by atoms with Crippen LogP contribution in [0.15, 0.2) is 84.0 Å². The number of carbonyl (C=O) groups excluding carboxylic acids is 1. The van der Waals surface area contributed by atoms with Gasteiger partial charge in [-0.15, -0.1) is 0 Å². The van der Waals surface area contributed by atoms with Crippen LogP contribution in [0.5, 0.6) is 5.75 Å². The molecule has 1 amide bonds. The minimum absolute atomic E-state index is 0.467. The highest BCUT2D eigenvalue weighted by molar-refractivity contribution is 14.1. The number of halogens is 1. The summed E-state index contributed by atoms with van der Waals surface area (Å²) in [7, 11) is 0. The second kappa shape index (κ2) is 9.67. The third-order valence-electron chi connectivity index (χ3n) is 4.35. The molecule has 0 aromatic heterocycles. The Morgan fingerprint density at radius 3 is 2.17 bits per heavy atom. The zero-order chi connectivity index (χ0) is 20.7. The maximum atomic E-state index is 13.0. The SMILES string of the molecule is CCOc1ccc(/C=N/NC(=O)C(O)(c2ccccc2)c2ccccc2)cc1I. The third-order valence-corrected chi connectivity index (χ3v) is 5.19. The molecular formula is C23H21IN2O3. The molecular weight excluding hydrogens is 479 g/mol. The fourth-order valence-electron chi connectivity index (χ4n) is 2.90. The highest BCUT2D eigenvalue weighted by Crippen LogP contribution is 2.29. The van der Waals surface area contributed by atoms with Crippen LogP contribution in [0, 0.1) is 3.57 Å². The standard InChI is InChI=1S/C23H21IN2O3/c1-2-29-21-14-13-17(15-20(21)24)16-25-26-22(27)23(28,18-9-5-3-6-10-18)19-11-7-4-8-12-19/h3-16,28H,2H2,1H3,(H,26,27)/b25-16+. The highest BCUT2D eigenvalue weighted by atomic mass is 127. The van der Waals surface area contributed by atoms with Gasteiger partial charge in [0.05, 0.1) is 16.4 Å². The molecule has 5 nitrogen and oxygen atoms in total. The van der Waals surface area contributed by atoms with Crippen LogP contribution in [0.3, 0.4) is 0 Å². The largest absolute Gasteiger partial charge is 0.493 e. The molecule has 0 aliphatic heterocycles. The number of rotatable bonds is 7. The van der Waals surface area contributed by atoms with Gasteiger partial charge in [-0.25, -0.2) is 5.43 Å². The quantitative estimate of drug-likeness (QED) is 0.292. The Morgan fingerprint density at radius 1 is 1.07 bits per heavy atom. The van der Waals surface area contributed by atoms with E-state index in [-0.39, 0.29) is 0 Å². The van der Waals surface area contributed by atoms with Crippen LogP contribution in [0.4, 0.5) is 0 Å². The Balaban J connectivity index is 1.83. The minimum atomic E-state index is -1.85. The second-order valence-electron chi connectivity index (χ2n) is 6.26. The molecule has 0 aliphatic carbocycles. The second-order valence-corrected chi connectivity index (χ2v) is 7.43. The van der Waals surface area contributed by atoms with Gasteiger partial charge in [-0.1, -0.05) is 60.7 Å². The summed E-state index contributed by atoms with van der Waals surface area (Å²) in [6.45, 7) is 2.53. The van der Waals surface area contributed by atoms with Gasteiger partial charge >= 0.3 is 0 Å². The Labute approximate surface area is 183 Å². The maximum absolute atomic E-state index is 13.0. The summed E-state index contributed by atoms with van der Waals surface area (Å²) in [6.07, 6.45) is 1.53. The van der Waals surface area contributed by atoms with Crippen molar-refractivity contribution < 1.29 is 14.6 Å². The lowest BCUT2D eigenvalue weighted by molar-refractivity contribution is -0.136. The lowest BCUT2D eigenvalue weighted by atomic mass is 9.85. The Morgan fingerprint density at radius 2 is 1.66 bits per heavy atom. The molecule has 0 bridgehead atoms. The van der Waals surface area contributed by atoms with Crippen molar-refractivity contribution in [1.29, 1.82) is 0 Å². The fraction of sp³-hybridized carbons (Fsp3) is 0.130. The molecule has 0 spiro atoms. The fourth-order valence-corrected chi connectivity index (χ4v) is 3.60. The van der Waals surface area contributed by atoms with Crippen LogP contribution in [-0.2, 0) is 10.4 Å². The van der Waals surface area contributed by atoms with Crippen LogP contribution in [0.1, 0.15) is 23.6 Å². The number of benzene rings is 3. The van der Waals surface area contributed by atoms with Crippen LogP contribution in [0.25, 0.3) is 0 Å². The van der Waals surface area contributed by atoms with Gasteiger partial charge in [-0.2, -0.15) is 5.10 Å². The van der Waals surface area contributed by atoms with E-state index < -0.39 is 11.5 Å². The van der Waals surface area contributed by atoms with E-state index in [1.165, 1.54) is 6.21 Å². The van der Waals surface area contributed by atoms with Crippen molar-refractivity contribution in [2.45, 2.75) is 12.5 Å². The van der Waals surface area contributed by atoms with E-state index in [1.54, 1.807) is 48.5 Å². The summed E-state index contributed by atoms with van der Waals surface area (Å²) in [5.41, 5.74) is 2.36. The normalized spacial score (nSPS) is 11.4. The van der Waals surface area contributed by atoms with E-state index in [0.717, 1.165) is 14.9 Å². The number of amides is 1. The van der Waals surface area contributed by atoms with Crippen LogP contribution >= 0.6 is 22.6 Å². The third kappa shape index (κ3) is 4.83. The van der Waals surface area contributed by atoms with Crippen molar-refractivity contribution in [3.63, 3.8) is 0 Å². The van der Waals surface area contributed by atoms with E-state index in [9.17, 15) is 9.90 Å². The van der Waals surface area contributed by atoms with Crippen molar-refractivity contribution >= 4 is 34.7 Å². The molecule has 148 valence electrons. The molecule has 0 saturated carbocycles. The van der Waals surface area contributed by atoms with E-state index in [0.29, 0.717) is 17.7 Å². The monoisotopic (exact) mass is 500 g/mol. The number of hydrogen-bond acceptors (Lipinski definition) is 4. The molecule has 0 fully saturated rings. The summed E-state index contributed by atoms with van der Waals surface area (Å²) in [6, 6.07) is 23.2. The minimum Gasteiger partial charge on any atom is -0.493 e. The van der Waals surface area contributed by atoms with Crippen molar-refractivity contribution in [2.24, 2.45) is 5.10 Å². The van der Waals surface area contributed by atoms with E-state index in [2.05, 4.69) is 33.1 Å². The van der Waals surface area contributed by atoms with Gasteiger partial charge in [0.15, 0.2) is 5.60 Å². The van der Waals surface area contributed by atoms with Gasteiger partial charge in [-0.05, 0) is 64.4 Å². The summed E-state index contributed by atoms with van der Waals surface area (Å²) in [5, 5.41) is 15.4. The summed E-state index contributed by atoms with van der Waals surface area (Å²) >= 11 is 2.19. The number of hydrazone groups is 1. The van der Waals surface area contributed by atoms with Crippen molar-refractivity contribution in [1.82, 2.24) is 5.43 Å². The zero-order valence-electron chi connectivity index (χ0n) is 15.9. The Bertz CT molecular complexity index is 952. The average molecular weight is 500 g/mol. The zero-order valence-corrected chi connectivity index (χ0v) is 18.0. The van der Waals surface area contributed by atoms with Gasteiger partial charge in [0, 0.05) is 0 Å². The smallest absolute Gasteiger partial charge is 0.281 e.